The van der Waals surface area contributed by atoms with Crippen molar-refractivity contribution in [2.75, 3.05) is 20.1 Å². The topological polar surface area (TPSA) is 78.1 Å². The van der Waals surface area contributed by atoms with Crippen LogP contribution in [0.2, 0.25) is 0 Å². The van der Waals surface area contributed by atoms with E-state index in [1.54, 1.807) is 4.90 Å². The molecule has 0 saturated carbocycles. The predicted octanol–water partition coefficient (Wildman–Crippen LogP) is -0.406. The second-order valence-corrected chi connectivity index (χ2v) is 4.16. The fraction of sp³-hybridized carbons (Fsp3) is 0.545. The van der Waals surface area contributed by atoms with Crippen LogP contribution in [0.3, 0.4) is 0 Å². The van der Waals surface area contributed by atoms with Gasteiger partial charge in [-0.25, -0.2) is 5.10 Å². The van der Waals surface area contributed by atoms with Crippen molar-refractivity contribution in [2.45, 2.75) is 18.9 Å². The molecule has 0 aliphatic carbocycles. The van der Waals surface area contributed by atoms with Gasteiger partial charge in [0.2, 0.25) is 0 Å². The van der Waals surface area contributed by atoms with Gasteiger partial charge in [0.25, 0.3) is 11.5 Å². The van der Waals surface area contributed by atoms with Crippen LogP contribution in [0.15, 0.2) is 16.9 Å². The molecule has 1 aliphatic rings. The number of amides is 1. The Morgan fingerprint density at radius 2 is 2.18 bits per heavy atom. The number of nitrogens with one attached hydrogen (secondary N) is 2. The lowest BCUT2D eigenvalue weighted by Gasteiger charge is -2.31. The fourth-order valence-corrected chi connectivity index (χ4v) is 2.00. The van der Waals surface area contributed by atoms with Gasteiger partial charge in [0.15, 0.2) is 0 Å². The number of nitrogens with zero attached hydrogens (tertiary/aromatic N) is 2. The van der Waals surface area contributed by atoms with Crippen molar-refractivity contribution >= 4 is 5.91 Å². The summed E-state index contributed by atoms with van der Waals surface area (Å²) in [5.74, 6) is -0.115. The van der Waals surface area contributed by atoms with E-state index < -0.39 is 0 Å². The van der Waals surface area contributed by atoms with Crippen molar-refractivity contribution in [1.29, 1.82) is 0 Å². The summed E-state index contributed by atoms with van der Waals surface area (Å²) >= 11 is 0. The molecule has 1 aromatic rings. The first kappa shape index (κ1) is 11.8. The lowest BCUT2D eigenvalue weighted by Crippen LogP contribution is -2.44. The molecule has 92 valence electrons. The first-order valence-corrected chi connectivity index (χ1v) is 5.73. The van der Waals surface area contributed by atoms with Gasteiger partial charge >= 0.3 is 0 Å². The van der Waals surface area contributed by atoms with E-state index in [1.165, 1.54) is 12.1 Å². The standard InChI is InChI=1S/C11H16N4O2/c1-12-8-4-6-15(7-5-8)11(17)9-2-3-10(16)14-13-9/h2-3,8,12H,4-7H2,1H3,(H,14,16). The van der Waals surface area contributed by atoms with E-state index in [9.17, 15) is 9.59 Å². The number of hydrogen-bond donors (Lipinski definition) is 2. The zero-order valence-electron chi connectivity index (χ0n) is 9.77. The third-order valence-corrected chi connectivity index (χ3v) is 3.09. The maximum Gasteiger partial charge on any atom is 0.274 e. The summed E-state index contributed by atoms with van der Waals surface area (Å²) in [6.07, 6.45) is 1.90. The third kappa shape index (κ3) is 2.71. The Morgan fingerprint density at radius 3 is 2.71 bits per heavy atom. The molecule has 1 aromatic heterocycles. The highest BCUT2D eigenvalue weighted by atomic mass is 16.2. The molecule has 0 aromatic carbocycles. The van der Waals surface area contributed by atoms with Crippen molar-refractivity contribution in [1.82, 2.24) is 20.4 Å². The zero-order valence-corrected chi connectivity index (χ0v) is 9.77. The van der Waals surface area contributed by atoms with E-state index in [-0.39, 0.29) is 11.5 Å². The number of carbonyl (C=O) groups is 1. The minimum atomic E-state index is -0.296. The van der Waals surface area contributed by atoms with Crippen LogP contribution in [0.1, 0.15) is 23.3 Å². The number of carbonyl (C=O) groups excluding carboxylic acids is 1. The van der Waals surface area contributed by atoms with Gasteiger partial charge in [0.1, 0.15) is 5.69 Å². The minimum Gasteiger partial charge on any atom is -0.337 e. The molecule has 0 unspecified atom stereocenters. The monoisotopic (exact) mass is 236 g/mol. The lowest BCUT2D eigenvalue weighted by atomic mass is 10.1. The van der Waals surface area contributed by atoms with Crippen molar-refractivity contribution in [3.05, 3.63) is 28.2 Å². The summed E-state index contributed by atoms with van der Waals surface area (Å²) in [6, 6.07) is 3.27. The van der Waals surface area contributed by atoms with Crippen LogP contribution in [0.25, 0.3) is 0 Å². The summed E-state index contributed by atoms with van der Waals surface area (Å²) in [7, 11) is 1.94. The first-order chi connectivity index (χ1) is 8.20. The number of aromatic nitrogens is 2. The molecule has 1 fully saturated rings. The van der Waals surface area contributed by atoms with Crippen LogP contribution in [0.4, 0.5) is 0 Å². The molecule has 6 nitrogen and oxygen atoms in total. The Bertz CT molecular complexity index is 429. The maximum atomic E-state index is 12.0. The molecular weight excluding hydrogens is 220 g/mol. The van der Waals surface area contributed by atoms with E-state index >= 15 is 0 Å². The smallest absolute Gasteiger partial charge is 0.274 e. The average molecular weight is 236 g/mol. The molecule has 0 radical (unpaired) electrons. The Kier molecular flexibility index (Phi) is 3.53. The van der Waals surface area contributed by atoms with E-state index in [1.807, 2.05) is 7.05 Å². The van der Waals surface area contributed by atoms with Gasteiger partial charge in [-0.1, -0.05) is 0 Å². The van der Waals surface area contributed by atoms with Crippen LogP contribution in [0.5, 0.6) is 0 Å². The van der Waals surface area contributed by atoms with Crippen molar-refractivity contribution in [3.8, 4) is 0 Å². The van der Waals surface area contributed by atoms with Gasteiger partial charge < -0.3 is 10.2 Å². The van der Waals surface area contributed by atoms with E-state index in [4.69, 9.17) is 0 Å². The molecule has 1 amide bonds. The van der Waals surface area contributed by atoms with E-state index in [0.29, 0.717) is 11.7 Å². The van der Waals surface area contributed by atoms with Gasteiger partial charge in [0.05, 0.1) is 0 Å². The molecule has 0 spiro atoms. The Hall–Kier alpha value is -1.69. The highest BCUT2D eigenvalue weighted by Gasteiger charge is 2.23. The fourth-order valence-electron chi connectivity index (χ4n) is 2.00. The predicted molar refractivity (Wildman–Crippen MR) is 62.8 cm³/mol. The van der Waals surface area contributed by atoms with Gasteiger partial charge in [-0.2, -0.15) is 5.10 Å². The van der Waals surface area contributed by atoms with Gasteiger partial charge in [-0.05, 0) is 26.0 Å². The lowest BCUT2D eigenvalue weighted by molar-refractivity contribution is 0.0700. The van der Waals surface area contributed by atoms with E-state index in [2.05, 4.69) is 15.5 Å². The number of hydrogen-bond acceptors (Lipinski definition) is 4. The highest BCUT2D eigenvalue weighted by Crippen LogP contribution is 2.12. The third-order valence-electron chi connectivity index (χ3n) is 3.09. The minimum absolute atomic E-state index is 0.115. The average Bonchev–Trinajstić information content (AvgIpc) is 2.39. The largest absolute Gasteiger partial charge is 0.337 e. The number of rotatable bonds is 2. The Labute approximate surface area is 99.0 Å². The Morgan fingerprint density at radius 1 is 1.47 bits per heavy atom. The molecule has 2 rings (SSSR count). The number of aromatic amines is 1. The second-order valence-electron chi connectivity index (χ2n) is 4.16. The molecular formula is C11H16N4O2. The molecule has 1 aliphatic heterocycles. The van der Waals surface area contributed by atoms with Gasteiger partial charge in [-0.3, -0.25) is 9.59 Å². The van der Waals surface area contributed by atoms with Crippen LogP contribution >= 0.6 is 0 Å². The number of likely N-dealkylation sites (tertiary alicyclic amines) is 1. The van der Waals surface area contributed by atoms with Crippen molar-refractivity contribution in [3.63, 3.8) is 0 Å². The molecule has 0 atom stereocenters. The molecule has 2 heterocycles. The molecule has 0 bridgehead atoms. The Balaban J connectivity index is 2.01. The van der Waals surface area contributed by atoms with Crippen molar-refractivity contribution < 1.29 is 4.79 Å². The zero-order chi connectivity index (χ0) is 12.3. The highest BCUT2D eigenvalue weighted by molar-refractivity contribution is 5.92. The van der Waals surface area contributed by atoms with Gasteiger partial charge in [-0.15, -0.1) is 0 Å². The summed E-state index contributed by atoms with van der Waals surface area (Å²) in [5, 5.41) is 9.23. The number of piperidine rings is 1. The van der Waals surface area contributed by atoms with E-state index in [0.717, 1.165) is 25.9 Å². The van der Waals surface area contributed by atoms with Crippen LogP contribution < -0.4 is 10.9 Å². The van der Waals surface area contributed by atoms with Crippen LogP contribution in [0, 0.1) is 0 Å². The van der Waals surface area contributed by atoms with Crippen molar-refractivity contribution in [2.24, 2.45) is 0 Å². The van der Waals surface area contributed by atoms with Crippen LogP contribution in [-0.2, 0) is 0 Å². The van der Waals surface area contributed by atoms with Crippen LogP contribution in [-0.4, -0.2) is 47.2 Å². The summed E-state index contributed by atoms with van der Waals surface area (Å²) in [4.78, 5) is 24.7. The van der Waals surface area contributed by atoms with Gasteiger partial charge in [0, 0.05) is 25.2 Å². The molecule has 2 N–H and O–H groups in total. The summed E-state index contributed by atoms with van der Waals surface area (Å²) in [5.41, 5.74) is 0.00273. The quantitative estimate of drug-likeness (QED) is 0.732. The summed E-state index contributed by atoms with van der Waals surface area (Å²) < 4.78 is 0. The normalized spacial score (nSPS) is 17.1. The molecule has 6 heteroatoms. The first-order valence-electron chi connectivity index (χ1n) is 5.73. The number of H-pyrrole nitrogens is 1. The SMILES string of the molecule is CNC1CCN(C(=O)c2ccc(=O)[nH]n2)CC1. The maximum absolute atomic E-state index is 12.0. The second kappa shape index (κ2) is 5.09. The molecule has 1 saturated heterocycles. The molecule has 17 heavy (non-hydrogen) atoms. The summed E-state index contributed by atoms with van der Waals surface area (Å²) in [6.45, 7) is 1.45.